The summed E-state index contributed by atoms with van der Waals surface area (Å²) in [6.45, 7) is 5.74. The lowest BCUT2D eigenvalue weighted by Crippen LogP contribution is -2.40. The van der Waals surface area contributed by atoms with Gasteiger partial charge in [-0.05, 0) is 30.4 Å². The van der Waals surface area contributed by atoms with Gasteiger partial charge in [0.1, 0.15) is 5.82 Å². The zero-order chi connectivity index (χ0) is 19.8. The van der Waals surface area contributed by atoms with E-state index < -0.39 is 17.8 Å². The molecule has 27 heavy (non-hydrogen) atoms. The van der Waals surface area contributed by atoms with Crippen LogP contribution < -0.4 is 10.5 Å². The molecule has 4 nitrogen and oxygen atoms in total. The van der Waals surface area contributed by atoms with Gasteiger partial charge in [-0.3, -0.25) is 9.36 Å². The number of rotatable bonds is 4. The number of hydrogen-bond donors (Lipinski definition) is 0. The second-order valence-corrected chi connectivity index (χ2v) is 7.96. The van der Waals surface area contributed by atoms with Crippen LogP contribution in [0.2, 0.25) is 10.0 Å². The molecule has 1 aromatic carbocycles. The fraction of sp³-hybridized carbons (Fsp3) is 0.474. The third-order valence-corrected chi connectivity index (χ3v) is 6.26. The summed E-state index contributed by atoms with van der Waals surface area (Å²) in [5.41, 5.74) is -0.269. The van der Waals surface area contributed by atoms with Crippen molar-refractivity contribution in [3.05, 3.63) is 50.5 Å². The Bertz CT molecular complexity index is 893. The lowest BCUT2D eigenvalue weighted by atomic mass is 9.78. The molecule has 0 aliphatic carbocycles. The van der Waals surface area contributed by atoms with Crippen molar-refractivity contribution in [1.82, 2.24) is 9.55 Å². The maximum absolute atomic E-state index is 13.7. The van der Waals surface area contributed by atoms with Crippen molar-refractivity contribution in [2.75, 3.05) is 18.0 Å². The van der Waals surface area contributed by atoms with E-state index in [1.54, 1.807) is 6.07 Å². The first-order valence-electron chi connectivity index (χ1n) is 8.87. The van der Waals surface area contributed by atoms with Gasteiger partial charge in [-0.2, -0.15) is 0 Å². The number of nitrogens with zero attached hydrogens (tertiary/aromatic N) is 3. The van der Waals surface area contributed by atoms with Gasteiger partial charge >= 0.3 is 0 Å². The van der Waals surface area contributed by atoms with Gasteiger partial charge < -0.3 is 4.90 Å². The molecule has 2 aromatic rings. The predicted molar refractivity (Wildman–Crippen MR) is 105 cm³/mol. The van der Waals surface area contributed by atoms with Crippen LogP contribution in [0.4, 0.5) is 14.6 Å². The van der Waals surface area contributed by atoms with E-state index >= 15 is 0 Å². The molecule has 1 saturated heterocycles. The van der Waals surface area contributed by atoms with E-state index in [4.69, 9.17) is 23.2 Å². The highest BCUT2D eigenvalue weighted by molar-refractivity contribution is 6.43. The van der Waals surface area contributed by atoms with Gasteiger partial charge in [-0.15, -0.1) is 0 Å². The van der Waals surface area contributed by atoms with E-state index in [9.17, 15) is 13.6 Å². The number of piperidine rings is 1. The molecule has 0 saturated carbocycles. The summed E-state index contributed by atoms with van der Waals surface area (Å²) in [5.74, 6) is -0.353. The highest BCUT2D eigenvalue weighted by Crippen LogP contribution is 2.36. The Morgan fingerprint density at radius 1 is 1.26 bits per heavy atom. The minimum absolute atomic E-state index is 0.0365. The molecule has 1 aromatic heterocycles. The first kappa shape index (κ1) is 20.1. The zero-order valence-electron chi connectivity index (χ0n) is 15.2. The second-order valence-electron chi connectivity index (χ2n) is 7.17. The maximum Gasteiger partial charge on any atom is 0.296 e. The van der Waals surface area contributed by atoms with Gasteiger partial charge in [0.05, 0.1) is 15.7 Å². The smallest absolute Gasteiger partial charge is 0.296 e. The molecule has 0 unspecified atom stereocenters. The number of halogens is 4. The molecular weight excluding hydrogens is 395 g/mol. The minimum atomic E-state index is -2.93. The second kappa shape index (κ2) is 7.76. The van der Waals surface area contributed by atoms with E-state index in [1.807, 2.05) is 4.90 Å². The van der Waals surface area contributed by atoms with Crippen LogP contribution in [0.5, 0.6) is 0 Å². The number of benzene rings is 1. The molecule has 1 aliphatic rings. The third kappa shape index (κ3) is 3.97. The van der Waals surface area contributed by atoms with E-state index in [0.717, 1.165) is 23.8 Å². The summed E-state index contributed by atoms with van der Waals surface area (Å²) in [6, 6.07) is 5.84. The predicted octanol–water partition coefficient (Wildman–Crippen LogP) is 5.49. The fourth-order valence-corrected chi connectivity index (χ4v) is 3.71. The van der Waals surface area contributed by atoms with Gasteiger partial charge in [0, 0.05) is 19.2 Å². The Morgan fingerprint density at radius 2 is 1.93 bits per heavy atom. The summed E-state index contributed by atoms with van der Waals surface area (Å²) in [5, 5.41) is 0.217. The molecular formula is C19H21Cl2F2N3O. The van der Waals surface area contributed by atoms with Crippen molar-refractivity contribution < 1.29 is 8.78 Å². The molecule has 146 valence electrons. The summed E-state index contributed by atoms with van der Waals surface area (Å²) in [4.78, 5) is 18.7. The Balaban J connectivity index is 2.04. The Hall–Kier alpha value is -1.66. The molecule has 0 radical (unpaired) electrons. The highest BCUT2D eigenvalue weighted by atomic mass is 35.5. The van der Waals surface area contributed by atoms with Crippen molar-refractivity contribution in [3.8, 4) is 5.69 Å². The lowest BCUT2D eigenvalue weighted by molar-refractivity contribution is 0.136. The van der Waals surface area contributed by atoms with Crippen LogP contribution in [0.3, 0.4) is 0 Å². The fourth-order valence-electron chi connectivity index (χ4n) is 3.33. The van der Waals surface area contributed by atoms with Crippen LogP contribution in [-0.2, 0) is 0 Å². The molecule has 0 spiro atoms. The van der Waals surface area contributed by atoms with Crippen LogP contribution in [0.1, 0.15) is 45.4 Å². The van der Waals surface area contributed by atoms with Crippen LogP contribution >= 0.6 is 23.2 Å². The SMILES string of the molecule is CCC1(C)CCN(c2cc(=O)n(-c3cccc(Cl)c3Cl)c(C(F)F)n2)CC1. The summed E-state index contributed by atoms with van der Waals surface area (Å²) >= 11 is 12.1. The average molecular weight is 416 g/mol. The first-order chi connectivity index (χ1) is 12.8. The monoisotopic (exact) mass is 415 g/mol. The van der Waals surface area contributed by atoms with Gasteiger partial charge in [-0.1, -0.05) is 49.5 Å². The summed E-state index contributed by atoms with van der Waals surface area (Å²) in [6.07, 6.45) is -0.0132. The van der Waals surface area contributed by atoms with Gasteiger partial charge in [0.25, 0.3) is 12.0 Å². The zero-order valence-corrected chi connectivity index (χ0v) is 16.7. The molecule has 1 aliphatic heterocycles. The number of aromatic nitrogens is 2. The standard InChI is InChI=1S/C19H21Cl2F2N3O/c1-3-19(2)7-9-25(10-8-19)14-11-15(27)26(18(24-14)17(22)23)13-6-4-5-12(20)16(13)21/h4-6,11,17H,3,7-10H2,1-2H3. The Morgan fingerprint density at radius 3 is 2.52 bits per heavy atom. The average Bonchev–Trinajstić information content (AvgIpc) is 2.64. The topological polar surface area (TPSA) is 38.1 Å². The van der Waals surface area contributed by atoms with Crippen molar-refractivity contribution in [2.24, 2.45) is 5.41 Å². The third-order valence-electron chi connectivity index (χ3n) is 5.45. The van der Waals surface area contributed by atoms with Gasteiger partial charge in [-0.25, -0.2) is 13.8 Å². The summed E-state index contributed by atoms with van der Waals surface area (Å²) in [7, 11) is 0. The maximum atomic E-state index is 13.7. The van der Waals surface area contributed by atoms with E-state index in [2.05, 4.69) is 18.8 Å². The highest BCUT2D eigenvalue weighted by Gasteiger charge is 2.30. The largest absolute Gasteiger partial charge is 0.356 e. The molecule has 8 heteroatoms. The molecule has 0 amide bonds. The van der Waals surface area contributed by atoms with Gasteiger partial charge in [0.2, 0.25) is 0 Å². The van der Waals surface area contributed by atoms with Crippen LogP contribution in [0, 0.1) is 5.41 Å². The van der Waals surface area contributed by atoms with Crippen LogP contribution in [-0.4, -0.2) is 22.6 Å². The van der Waals surface area contributed by atoms with Crippen molar-refractivity contribution >= 4 is 29.0 Å². The first-order valence-corrected chi connectivity index (χ1v) is 9.63. The Labute approximate surface area is 166 Å². The van der Waals surface area contributed by atoms with Crippen molar-refractivity contribution in [2.45, 2.75) is 39.5 Å². The van der Waals surface area contributed by atoms with Crippen LogP contribution in [0.15, 0.2) is 29.1 Å². The van der Waals surface area contributed by atoms with E-state index in [1.165, 1.54) is 18.2 Å². The number of anilines is 1. The number of alkyl halides is 2. The molecule has 0 bridgehead atoms. The van der Waals surface area contributed by atoms with Crippen molar-refractivity contribution in [3.63, 3.8) is 0 Å². The van der Waals surface area contributed by atoms with Crippen molar-refractivity contribution in [1.29, 1.82) is 0 Å². The number of hydrogen-bond acceptors (Lipinski definition) is 3. The van der Waals surface area contributed by atoms with E-state index in [0.29, 0.717) is 13.1 Å². The Kier molecular flexibility index (Phi) is 5.77. The molecule has 0 atom stereocenters. The minimum Gasteiger partial charge on any atom is -0.356 e. The summed E-state index contributed by atoms with van der Waals surface area (Å²) < 4.78 is 28.3. The lowest BCUT2D eigenvalue weighted by Gasteiger charge is -2.39. The van der Waals surface area contributed by atoms with E-state index in [-0.39, 0.29) is 27.0 Å². The quantitative estimate of drug-likeness (QED) is 0.661. The van der Waals surface area contributed by atoms with Gasteiger partial charge in [0.15, 0.2) is 5.82 Å². The normalized spacial score (nSPS) is 16.8. The van der Waals surface area contributed by atoms with Crippen LogP contribution in [0.25, 0.3) is 5.69 Å². The molecule has 0 N–H and O–H groups in total. The molecule has 3 rings (SSSR count). The molecule has 1 fully saturated rings. The molecule has 2 heterocycles.